The molecule has 0 bridgehead atoms. The Balaban J connectivity index is 1.70. The van der Waals surface area contributed by atoms with Gasteiger partial charge in [0, 0.05) is 31.2 Å². The minimum Gasteiger partial charge on any atom is -0.460 e. The van der Waals surface area contributed by atoms with Crippen molar-refractivity contribution in [2.75, 3.05) is 32.9 Å². The summed E-state index contributed by atoms with van der Waals surface area (Å²) in [5.41, 5.74) is 0.905. The van der Waals surface area contributed by atoms with E-state index in [1.807, 2.05) is 36.4 Å². The Hall–Kier alpha value is -1.33. The van der Waals surface area contributed by atoms with Crippen LogP contribution in [-0.4, -0.2) is 42.9 Å². The van der Waals surface area contributed by atoms with Crippen molar-refractivity contribution in [2.45, 2.75) is 6.54 Å². The summed E-state index contributed by atoms with van der Waals surface area (Å²) in [4.78, 5) is 2.25. The molecule has 4 nitrogen and oxygen atoms in total. The minimum absolute atomic E-state index is 0.152. The van der Waals surface area contributed by atoms with Crippen LogP contribution in [-0.2, 0) is 11.3 Å². The smallest absolute Gasteiger partial charge is 0.135 e. The van der Waals surface area contributed by atoms with Crippen molar-refractivity contribution in [3.8, 4) is 11.3 Å². The van der Waals surface area contributed by atoms with Crippen molar-refractivity contribution in [3.05, 3.63) is 47.2 Å². The molecule has 1 saturated heterocycles. The van der Waals surface area contributed by atoms with E-state index in [1.165, 1.54) is 0 Å². The molecule has 2 heterocycles. The molecule has 1 aromatic heterocycles. The Labute approximate surface area is 135 Å². The molecule has 0 saturated carbocycles. The van der Waals surface area contributed by atoms with E-state index in [0.717, 1.165) is 30.2 Å². The highest BCUT2D eigenvalue weighted by Gasteiger charge is 2.19. The molecule has 0 amide bonds. The second-order valence-electron chi connectivity index (χ2n) is 5.60. The van der Waals surface area contributed by atoms with Crippen molar-refractivity contribution >= 4 is 11.6 Å². The average Bonchev–Trinajstić information content (AvgIpc) is 2.86. The summed E-state index contributed by atoms with van der Waals surface area (Å²) in [7, 11) is 0. The van der Waals surface area contributed by atoms with Gasteiger partial charge in [-0.3, -0.25) is 4.90 Å². The van der Waals surface area contributed by atoms with Crippen molar-refractivity contribution in [1.29, 1.82) is 0 Å². The molecule has 118 valence electrons. The third kappa shape index (κ3) is 3.70. The molecule has 1 N–H and O–H groups in total. The third-order valence-electron chi connectivity index (χ3n) is 3.86. The lowest BCUT2D eigenvalue weighted by Gasteiger charge is -2.20. The molecule has 0 unspecified atom stereocenters. The first-order valence-electron chi connectivity index (χ1n) is 7.51. The number of ether oxygens (including phenoxy) is 1. The second kappa shape index (κ2) is 7.29. The molecule has 0 spiro atoms. The molecule has 5 heteroatoms. The molecule has 1 fully saturated rings. The van der Waals surface area contributed by atoms with E-state index < -0.39 is 0 Å². The van der Waals surface area contributed by atoms with E-state index in [2.05, 4.69) is 4.90 Å². The number of aliphatic hydroxyl groups excluding tert-OH is 1. The number of aliphatic hydroxyl groups is 1. The quantitative estimate of drug-likeness (QED) is 0.940. The number of hydrogen-bond acceptors (Lipinski definition) is 4. The number of furan rings is 1. The Bertz CT molecular complexity index is 613. The highest BCUT2D eigenvalue weighted by Crippen LogP contribution is 2.29. The van der Waals surface area contributed by atoms with Crippen molar-refractivity contribution in [1.82, 2.24) is 4.90 Å². The van der Waals surface area contributed by atoms with Crippen LogP contribution in [0.15, 0.2) is 40.8 Å². The maximum absolute atomic E-state index is 9.34. The van der Waals surface area contributed by atoms with Crippen molar-refractivity contribution in [2.24, 2.45) is 5.92 Å². The predicted octanol–water partition coefficient (Wildman–Crippen LogP) is 3.04. The first-order valence-corrected chi connectivity index (χ1v) is 7.88. The molecular weight excluding hydrogens is 302 g/mol. The van der Waals surface area contributed by atoms with E-state index in [-0.39, 0.29) is 12.5 Å². The minimum atomic E-state index is 0.152. The van der Waals surface area contributed by atoms with E-state index in [4.69, 9.17) is 20.8 Å². The van der Waals surface area contributed by atoms with Crippen LogP contribution in [0.5, 0.6) is 0 Å². The highest BCUT2D eigenvalue weighted by molar-refractivity contribution is 6.33. The summed E-state index contributed by atoms with van der Waals surface area (Å²) in [5, 5.41) is 10.0. The normalized spacial score (nSPS) is 20.0. The van der Waals surface area contributed by atoms with Gasteiger partial charge in [-0.1, -0.05) is 23.7 Å². The van der Waals surface area contributed by atoms with Gasteiger partial charge in [0.1, 0.15) is 11.5 Å². The average molecular weight is 322 g/mol. The van der Waals surface area contributed by atoms with Crippen LogP contribution < -0.4 is 0 Å². The molecule has 1 atom stereocenters. The Morgan fingerprint density at radius 2 is 2.09 bits per heavy atom. The Morgan fingerprint density at radius 1 is 1.23 bits per heavy atom. The molecule has 1 aliphatic heterocycles. The van der Waals surface area contributed by atoms with Gasteiger partial charge in [0.05, 0.1) is 24.8 Å². The van der Waals surface area contributed by atoms with Gasteiger partial charge in [0.2, 0.25) is 0 Å². The second-order valence-corrected chi connectivity index (χ2v) is 6.01. The van der Waals surface area contributed by atoms with Gasteiger partial charge in [-0.05, 0) is 24.3 Å². The summed E-state index contributed by atoms with van der Waals surface area (Å²) in [6.07, 6.45) is 0. The van der Waals surface area contributed by atoms with E-state index >= 15 is 0 Å². The standard InChI is InChI=1S/C17H20ClNO3/c18-16-4-2-1-3-15(16)17-6-5-14(22-17)10-19-7-8-21-12-13(9-19)11-20/h1-6,13,20H,7-12H2/t13-/m0/s1. The molecule has 1 aliphatic rings. The SMILES string of the molecule is OC[C@H]1COCCN(Cc2ccc(-c3ccccc3Cl)o2)C1. The monoisotopic (exact) mass is 321 g/mol. The van der Waals surface area contributed by atoms with E-state index in [1.54, 1.807) is 0 Å². The number of nitrogens with zero attached hydrogens (tertiary/aromatic N) is 1. The zero-order chi connectivity index (χ0) is 15.4. The fourth-order valence-corrected chi connectivity index (χ4v) is 2.92. The van der Waals surface area contributed by atoms with Gasteiger partial charge >= 0.3 is 0 Å². The zero-order valence-electron chi connectivity index (χ0n) is 12.4. The highest BCUT2D eigenvalue weighted by atomic mass is 35.5. The zero-order valence-corrected chi connectivity index (χ0v) is 13.1. The maximum atomic E-state index is 9.34. The van der Waals surface area contributed by atoms with Gasteiger partial charge in [-0.2, -0.15) is 0 Å². The Morgan fingerprint density at radius 3 is 2.91 bits per heavy atom. The fraction of sp³-hybridized carbons (Fsp3) is 0.412. The molecule has 0 aliphatic carbocycles. The summed E-state index contributed by atoms with van der Waals surface area (Å²) in [6.45, 7) is 3.84. The topological polar surface area (TPSA) is 45.8 Å². The lowest BCUT2D eigenvalue weighted by molar-refractivity contribution is 0.0957. The summed E-state index contributed by atoms with van der Waals surface area (Å²) in [6, 6.07) is 11.6. The van der Waals surface area contributed by atoms with Crippen LogP contribution in [0, 0.1) is 5.92 Å². The van der Waals surface area contributed by atoms with Crippen LogP contribution >= 0.6 is 11.6 Å². The molecule has 1 aromatic carbocycles. The molecule has 0 radical (unpaired) electrons. The third-order valence-corrected chi connectivity index (χ3v) is 4.19. The van der Waals surface area contributed by atoms with Crippen LogP contribution in [0.3, 0.4) is 0 Å². The van der Waals surface area contributed by atoms with Crippen LogP contribution in [0.2, 0.25) is 5.02 Å². The van der Waals surface area contributed by atoms with Gasteiger partial charge in [-0.25, -0.2) is 0 Å². The molecule has 22 heavy (non-hydrogen) atoms. The van der Waals surface area contributed by atoms with Gasteiger partial charge in [-0.15, -0.1) is 0 Å². The molecular formula is C17H20ClNO3. The predicted molar refractivity (Wildman–Crippen MR) is 85.8 cm³/mol. The van der Waals surface area contributed by atoms with Crippen LogP contribution in [0.1, 0.15) is 5.76 Å². The number of benzene rings is 1. The van der Waals surface area contributed by atoms with E-state index in [9.17, 15) is 5.11 Å². The van der Waals surface area contributed by atoms with Gasteiger partial charge < -0.3 is 14.3 Å². The lowest BCUT2D eigenvalue weighted by Crippen LogP contribution is -2.30. The number of rotatable bonds is 4. The number of halogens is 1. The van der Waals surface area contributed by atoms with Crippen LogP contribution in [0.4, 0.5) is 0 Å². The largest absolute Gasteiger partial charge is 0.460 e. The summed E-state index contributed by atoms with van der Waals surface area (Å²) < 4.78 is 11.4. The molecule has 3 rings (SSSR count). The Kier molecular flexibility index (Phi) is 5.16. The van der Waals surface area contributed by atoms with E-state index in [0.29, 0.717) is 24.8 Å². The fourth-order valence-electron chi connectivity index (χ4n) is 2.70. The summed E-state index contributed by atoms with van der Waals surface area (Å²) in [5.74, 6) is 1.85. The van der Waals surface area contributed by atoms with Crippen molar-refractivity contribution < 1.29 is 14.3 Å². The first-order chi connectivity index (χ1) is 10.8. The number of hydrogen-bond donors (Lipinski definition) is 1. The molecule has 2 aromatic rings. The van der Waals surface area contributed by atoms with Gasteiger partial charge in [0.15, 0.2) is 0 Å². The van der Waals surface area contributed by atoms with Gasteiger partial charge in [0.25, 0.3) is 0 Å². The first kappa shape index (κ1) is 15.6. The summed E-state index contributed by atoms with van der Waals surface area (Å²) >= 11 is 6.20. The lowest BCUT2D eigenvalue weighted by atomic mass is 10.1. The van der Waals surface area contributed by atoms with Crippen molar-refractivity contribution in [3.63, 3.8) is 0 Å². The van der Waals surface area contributed by atoms with Crippen LogP contribution in [0.25, 0.3) is 11.3 Å². The maximum Gasteiger partial charge on any atom is 0.135 e.